The molecule has 140 valence electrons. The molecule has 4 atom stereocenters. The van der Waals surface area contributed by atoms with Gasteiger partial charge < -0.3 is 25.5 Å². The molecule has 0 aromatic carbocycles. The summed E-state index contributed by atoms with van der Waals surface area (Å²) in [4.78, 5) is 10.3. The summed E-state index contributed by atoms with van der Waals surface area (Å²) in [5.74, 6) is -1.11. The monoisotopic (exact) mass is 352 g/mol. The second-order valence-electron chi connectivity index (χ2n) is 5.74. The van der Waals surface area contributed by atoms with Gasteiger partial charge in [0.25, 0.3) is 0 Å². The molecule has 6 heteroatoms. The van der Waals surface area contributed by atoms with Crippen molar-refractivity contribution in [3.8, 4) is 0 Å². The van der Waals surface area contributed by atoms with E-state index in [-0.39, 0.29) is 12.8 Å². The molecule has 0 aliphatic carbocycles. The van der Waals surface area contributed by atoms with Crippen LogP contribution >= 0.6 is 0 Å². The van der Waals surface area contributed by atoms with Crippen molar-refractivity contribution in [1.29, 1.82) is 0 Å². The second kappa shape index (κ2) is 12.4. The minimum absolute atomic E-state index is 0.0683. The molecule has 0 fully saturated rings. The summed E-state index contributed by atoms with van der Waals surface area (Å²) in [5, 5.41) is 48.2. The van der Waals surface area contributed by atoms with Crippen LogP contribution in [0.4, 0.5) is 0 Å². The number of aliphatic hydroxyl groups is 4. The molecule has 0 radical (unpaired) electrons. The van der Waals surface area contributed by atoms with Crippen LogP contribution in [0.5, 0.6) is 0 Å². The quantitative estimate of drug-likeness (QED) is 0.218. The Bertz CT molecular complexity index is 528. The molecule has 0 rings (SSSR count). The summed E-state index contributed by atoms with van der Waals surface area (Å²) in [6, 6.07) is 0. The molecule has 0 amide bonds. The highest BCUT2D eigenvalue weighted by molar-refractivity contribution is 5.79. The molecule has 0 saturated heterocycles. The Morgan fingerprint density at radius 2 is 1.68 bits per heavy atom. The second-order valence-corrected chi connectivity index (χ2v) is 5.74. The number of carboxylic acids is 1. The number of aliphatic carboxylic acids is 1. The van der Waals surface area contributed by atoms with Crippen molar-refractivity contribution in [3.05, 3.63) is 60.8 Å². The van der Waals surface area contributed by atoms with Crippen LogP contribution in [0.1, 0.15) is 26.7 Å². The van der Waals surface area contributed by atoms with Crippen LogP contribution in [-0.4, -0.2) is 55.4 Å². The molecule has 0 aliphatic rings. The molecule has 0 aromatic heterocycles. The number of rotatable bonds is 11. The highest BCUT2D eigenvalue weighted by Gasteiger charge is 2.28. The first kappa shape index (κ1) is 23.0. The van der Waals surface area contributed by atoms with E-state index in [9.17, 15) is 25.2 Å². The van der Waals surface area contributed by atoms with Crippen molar-refractivity contribution < 1.29 is 30.3 Å². The topological polar surface area (TPSA) is 118 Å². The summed E-state index contributed by atoms with van der Waals surface area (Å²) < 4.78 is 0. The van der Waals surface area contributed by atoms with Gasteiger partial charge in [-0.3, -0.25) is 0 Å². The summed E-state index contributed by atoms with van der Waals surface area (Å²) in [6.45, 7) is 3.24. The van der Waals surface area contributed by atoms with Gasteiger partial charge in [0, 0.05) is 12.5 Å². The van der Waals surface area contributed by atoms with Gasteiger partial charge in [-0.15, -0.1) is 0 Å². The number of hydrogen-bond acceptors (Lipinski definition) is 5. The minimum atomic E-state index is -1.65. The zero-order valence-electron chi connectivity index (χ0n) is 14.6. The maximum atomic E-state index is 10.3. The molecule has 0 bridgehead atoms. The van der Waals surface area contributed by atoms with Gasteiger partial charge >= 0.3 is 5.97 Å². The summed E-state index contributed by atoms with van der Waals surface area (Å²) >= 11 is 0. The lowest BCUT2D eigenvalue weighted by Gasteiger charge is -2.27. The molecule has 0 aliphatic heterocycles. The molecule has 5 N–H and O–H groups in total. The maximum Gasteiger partial charge on any atom is 0.327 e. The van der Waals surface area contributed by atoms with Gasteiger partial charge in [0.05, 0.1) is 18.3 Å². The van der Waals surface area contributed by atoms with Gasteiger partial charge in [-0.05, 0) is 20.3 Å². The Kier molecular flexibility index (Phi) is 11.4. The van der Waals surface area contributed by atoms with E-state index in [1.165, 1.54) is 31.2 Å². The fourth-order valence-electron chi connectivity index (χ4n) is 1.78. The Balaban J connectivity index is 4.53. The van der Waals surface area contributed by atoms with Gasteiger partial charge in [-0.2, -0.15) is 0 Å². The van der Waals surface area contributed by atoms with E-state index >= 15 is 0 Å². The van der Waals surface area contributed by atoms with E-state index in [0.29, 0.717) is 0 Å². The minimum Gasteiger partial charge on any atom is -0.478 e. The van der Waals surface area contributed by atoms with Crippen molar-refractivity contribution in [2.45, 2.75) is 50.6 Å². The van der Waals surface area contributed by atoms with E-state index in [4.69, 9.17) is 5.11 Å². The van der Waals surface area contributed by atoms with Crippen LogP contribution in [0.25, 0.3) is 0 Å². The Morgan fingerprint density at radius 1 is 1.04 bits per heavy atom. The van der Waals surface area contributed by atoms with Gasteiger partial charge in [0.1, 0.15) is 5.60 Å². The number of carboxylic acid groups (broad SMARTS) is 1. The van der Waals surface area contributed by atoms with Crippen LogP contribution < -0.4 is 0 Å². The van der Waals surface area contributed by atoms with Crippen molar-refractivity contribution in [2.24, 2.45) is 0 Å². The molecule has 0 aromatic rings. The standard InChI is InChI=1S/C19H28O6/c1-3-4-5-6-7-9-16(21)14-17(22)19(2,25)13-12-15(20)10-8-11-18(23)24/h3-9,11-13,15-17,20-22,25H,10,14H2,1-2H3,(H,23,24). The predicted molar refractivity (Wildman–Crippen MR) is 96.9 cm³/mol. The van der Waals surface area contributed by atoms with Crippen molar-refractivity contribution in [2.75, 3.05) is 0 Å². The lowest BCUT2D eigenvalue weighted by atomic mass is 9.93. The first-order valence-electron chi connectivity index (χ1n) is 8.00. The molecular weight excluding hydrogens is 324 g/mol. The smallest absolute Gasteiger partial charge is 0.327 e. The van der Waals surface area contributed by atoms with Crippen molar-refractivity contribution in [3.63, 3.8) is 0 Å². The van der Waals surface area contributed by atoms with Gasteiger partial charge in [-0.1, -0.05) is 54.7 Å². The van der Waals surface area contributed by atoms with Crippen LogP contribution in [0, 0.1) is 0 Å². The average Bonchev–Trinajstić information content (AvgIpc) is 2.52. The third kappa shape index (κ3) is 12.1. The number of carbonyl (C=O) groups is 1. The fourth-order valence-corrected chi connectivity index (χ4v) is 1.78. The van der Waals surface area contributed by atoms with E-state index < -0.39 is 29.9 Å². The Morgan fingerprint density at radius 3 is 2.28 bits per heavy atom. The normalized spacial score (nSPS) is 19.3. The predicted octanol–water partition coefficient (Wildman–Crippen LogP) is 1.49. The highest BCUT2D eigenvalue weighted by Crippen LogP contribution is 2.18. The molecular formula is C19H28O6. The highest BCUT2D eigenvalue weighted by atomic mass is 16.4. The van der Waals surface area contributed by atoms with Crippen molar-refractivity contribution >= 4 is 5.97 Å². The number of allylic oxidation sites excluding steroid dienone is 5. The summed E-state index contributed by atoms with van der Waals surface area (Å²) in [7, 11) is 0. The first-order chi connectivity index (χ1) is 11.7. The molecule has 6 nitrogen and oxygen atoms in total. The first-order valence-corrected chi connectivity index (χ1v) is 8.00. The van der Waals surface area contributed by atoms with Crippen LogP contribution in [-0.2, 0) is 4.79 Å². The summed E-state index contributed by atoms with van der Waals surface area (Å²) in [6.07, 6.45) is 11.9. The van der Waals surface area contributed by atoms with Crippen LogP contribution in [0.2, 0.25) is 0 Å². The zero-order chi connectivity index (χ0) is 19.3. The number of aliphatic hydroxyl groups excluding tert-OH is 3. The van der Waals surface area contributed by atoms with Gasteiger partial charge in [-0.25, -0.2) is 4.79 Å². The third-order valence-corrected chi connectivity index (χ3v) is 3.29. The lowest BCUT2D eigenvalue weighted by molar-refractivity contribution is -0.131. The zero-order valence-corrected chi connectivity index (χ0v) is 14.6. The molecule has 0 heterocycles. The Labute approximate surface area is 148 Å². The average molecular weight is 352 g/mol. The van der Waals surface area contributed by atoms with E-state index in [1.54, 1.807) is 18.2 Å². The molecule has 25 heavy (non-hydrogen) atoms. The van der Waals surface area contributed by atoms with E-state index in [2.05, 4.69) is 0 Å². The number of hydrogen-bond donors (Lipinski definition) is 5. The maximum absolute atomic E-state index is 10.3. The molecule has 4 unspecified atom stereocenters. The Hall–Kier alpha value is -1.99. The van der Waals surface area contributed by atoms with E-state index in [0.717, 1.165) is 6.08 Å². The third-order valence-electron chi connectivity index (χ3n) is 3.29. The lowest BCUT2D eigenvalue weighted by Crippen LogP contribution is -2.39. The van der Waals surface area contributed by atoms with Gasteiger partial charge in [0.15, 0.2) is 0 Å². The largest absolute Gasteiger partial charge is 0.478 e. The summed E-state index contributed by atoms with van der Waals surface area (Å²) in [5.41, 5.74) is -1.65. The van der Waals surface area contributed by atoms with Crippen LogP contribution in [0.15, 0.2) is 60.8 Å². The van der Waals surface area contributed by atoms with Crippen LogP contribution in [0.3, 0.4) is 0 Å². The van der Waals surface area contributed by atoms with E-state index in [1.807, 2.05) is 19.1 Å². The molecule has 0 saturated carbocycles. The molecule has 0 spiro atoms. The van der Waals surface area contributed by atoms with Gasteiger partial charge in [0.2, 0.25) is 0 Å². The fraction of sp³-hybridized carbons (Fsp3) is 0.421. The SMILES string of the molecule is CC=CC=CC=CC(O)CC(O)C(C)(O)C=CC(O)CC=CC(=O)O. The van der Waals surface area contributed by atoms with Crippen molar-refractivity contribution in [1.82, 2.24) is 0 Å².